The molecule has 120 heavy (non-hydrogen) atoms. The molecule has 0 atom stereocenters. The van der Waals surface area contributed by atoms with Crippen LogP contribution in [0.3, 0.4) is 0 Å². The van der Waals surface area contributed by atoms with Crippen LogP contribution in [0.4, 0.5) is 22.0 Å². The Morgan fingerprint density at radius 2 is 0.617 bits per heavy atom. The number of aromatic nitrogens is 20. The number of hydrogen-bond donors (Lipinski definition) is 0. The van der Waals surface area contributed by atoms with Crippen molar-refractivity contribution in [2.45, 2.75) is 41.5 Å². The molecule has 0 spiro atoms. The number of hydrogen-bond acceptors (Lipinski definition) is 15. The molecule has 5 aromatic carbocycles. The lowest BCUT2D eigenvalue weighted by molar-refractivity contribution is 0.585. The molecule has 0 unspecified atom stereocenters. The summed E-state index contributed by atoms with van der Waals surface area (Å²) in [6, 6.07) is 60.4. The first-order valence-corrected chi connectivity index (χ1v) is 38.6. The molecule has 0 aliphatic heterocycles. The van der Waals surface area contributed by atoms with Crippen LogP contribution in [0.2, 0.25) is 20.1 Å². The maximum absolute atomic E-state index is 14.3. The Balaban J connectivity index is 0.000000112. The maximum Gasteiger partial charge on any atom is 0.155 e. The van der Waals surface area contributed by atoms with E-state index in [1.54, 1.807) is 92.6 Å². The predicted octanol–water partition coefficient (Wildman–Crippen LogP) is 22.5. The van der Waals surface area contributed by atoms with Crippen molar-refractivity contribution in [1.82, 2.24) is 97.9 Å². The van der Waals surface area contributed by atoms with Gasteiger partial charge in [-0.05, 0) is 210 Å². The highest BCUT2D eigenvalue weighted by Gasteiger charge is 2.23. The fourth-order valence-corrected chi connectivity index (χ4v) is 14.8. The average Bonchev–Trinajstić information content (AvgIpc) is 1.66. The molecule has 590 valence electrons. The van der Waals surface area contributed by atoms with E-state index < -0.39 is 17.5 Å². The Bertz CT molecular complexity index is 7180. The maximum atomic E-state index is 14.3. The average molecular weight is 1670 g/mol. The fraction of sp³-hybridized carbons (Fsp3) is 0.0659. The zero-order valence-electron chi connectivity index (χ0n) is 64.3. The van der Waals surface area contributed by atoms with Crippen LogP contribution in [0, 0.1) is 70.6 Å². The number of aryl methyl sites for hydroxylation is 6. The second kappa shape index (κ2) is 34.5. The Morgan fingerprint density at radius 3 is 1.07 bits per heavy atom. The molecule has 0 saturated heterocycles. The van der Waals surface area contributed by atoms with E-state index in [9.17, 15) is 22.0 Å². The lowest BCUT2D eigenvalue weighted by Gasteiger charge is -2.13. The molecule has 0 aliphatic carbocycles. The van der Waals surface area contributed by atoms with E-state index in [0.717, 1.165) is 141 Å². The van der Waals surface area contributed by atoms with Gasteiger partial charge in [0.15, 0.2) is 28.2 Å². The van der Waals surface area contributed by atoms with Crippen LogP contribution in [0.1, 0.15) is 33.9 Å². The van der Waals surface area contributed by atoms with Gasteiger partial charge in [-0.3, -0.25) is 24.9 Å². The van der Waals surface area contributed by atoms with E-state index in [-0.39, 0.29) is 27.2 Å². The van der Waals surface area contributed by atoms with Gasteiger partial charge in [0.05, 0.1) is 38.5 Å². The highest BCUT2D eigenvalue weighted by molar-refractivity contribution is 6.32. The predicted molar refractivity (Wildman–Crippen MR) is 457 cm³/mol. The molecule has 29 heteroatoms. The second-order valence-corrected chi connectivity index (χ2v) is 29.0. The summed E-state index contributed by atoms with van der Waals surface area (Å²) in [5, 5.41) is 22.2. The van der Waals surface area contributed by atoms with Crippen LogP contribution in [-0.2, 0) is 0 Å². The number of rotatable bonds is 10. The van der Waals surface area contributed by atoms with E-state index in [1.165, 1.54) is 55.6 Å². The van der Waals surface area contributed by atoms with Crippen LogP contribution >= 0.6 is 46.4 Å². The van der Waals surface area contributed by atoms with Crippen LogP contribution in [0.25, 0.3) is 140 Å². The highest BCUT2D eigenvalue weighted by Crippen LogP contribution is 2.41. The first kappa shape index (κ1) is 79.6. The quantitative estimate of drug-likeness (QED) is 0.0919. The van der Waals surface area contributed by atoms with Crippen molar-refractivity contribution in [1.29, 1.82) is 0 Å². The number of halogens is 9. The summed E-state index contributed by atoms with van der Waals surface area (Å²) >= 11 is 23.9. The first-order valence-electron chi connectivity index (χ1n) is 37.1. The summed E-state index contributed by atoms with van der Waals surface area (Å²) < 4.78 is 78.1. The van der Waals surface area contributed by atoms with Crippen molar-refractivity contribution in [3.63, 3.8) is 0 Å². The zero-order valence-corrected chi connectivity index (χ0v) is 67.4. The summed E-state index contributed by atoms with van der Waals surface area (Å²) in [6.45, 7) is 11.6. The van der Waals surface area contributed by atoms with Crippen LogP contribution < -0.4 is 0 Å². The van der Waals surface area contributed by atoms with Crippen molar-refractivity contribution in [3.8, 4) is 112 Å². The fourth-order valence-electron chi connectivity index (χ4n) is 14.1. The molecule has 0 amide bonds. The third-order valence-electron chi connectivity index (χ3n) is 20.0. The molecule has 15 aromatic heterocycles. The SMILES string of the molecule is Cc1c(-c2cccnc2-c2cc(Cl)c(F)cc2F)ccc2ncnn12.Cc1c(-c2cccnc2-c2cc(Cl)ccc2F)ccc2ncnn12.Cc1c(-c2cccnc2-c2ccc(F)c(Cl)c2)ccc2ncnn12.Cc1c(-c2cccnc2-c2cccc(Cl)c2)ccc2ncnn12.Cc1cc(-c2ncccc2-c2cn3ncnc3cc2C)ccc1F. The third-order valence-corrected chi connectivity index (χ3v) is 21.1. The molecule has 20 aromatic rings. The van der Waals surface area contributed by atoms with Crippen LogP contribution in [0.15, 0.2) is 275 Å². The van der Waals surface area contributed by atoms with E-state index in [0.29, 0.717) is 43.8 Å². The number of pyridine rings is 10. The lowest BCUT2D eigenvalue weighted by Crippen LogP contribution is -1.99. The van der Waals surface area contributed by atoms with Gasteiger partial charge in [-0.2, -0.15) is 25.5 Å². The number of nitrogens with zero attached hydrogens (tertiary/aromatic N) is 20. The molecular formula is C91H63Cl4F5N20. The van der Waals surface area contributed by atoms with Crippen LogP contribution in [0.5, 0.6) is 0 Å². The molecule has 0 fully saturated rings. The molecule has 20 rings (SSSR count). The van der Waals surface area contributed by atoms with Crippen molar-refractivity contribution in [3.05, 3.63) is 358 Å². The lowest BCUT2D eigenvalue weighted by atomic mass is 9.97. The molecule has 20 nitrogen and oxygen atoms in total. The van der Waals surface area contributed by atoms with Crippen molar-refractivity contribution in [2.75, 3.05) is 0 Å². The molecule has 0 bridgehead atoms. The number of fused-ring (bicyclic) bond motifs is 5. The minimum Gasteiger partial charge on any atom is -0.256 e. The monoisotopic (exact) mass is 1670 g/mol. The molecule has 15 heterocycles. The summed E-state index contributed by atoms with van der Waals surface area (Å²) in [5.41, 5.74) is 25.1. The van der Waals surface area contributed by atoms with E-state index in [2.05, 4.69) is 87.5 Å². The van der Waals surface area contributed by atoms with Gasteiger partial charge in [0.2, 0.25) is 0 Å². The molecular weight excluding hydrogens is 1610 g/mol. The van der Waals surface area contributed by atoms with E-state index >= 15 is 0 Å². The summed E-state index contributed by atoms with van der Waals surface area (Å²) in [6.07, 6.45) is 18.0. The van der Waals surface area contributed by atoms with Gasteiger partial charge in [-0.1, -0.05) is 88.9 Å². The van der Waals surface area contributed by atoms with E-state index in [4.69, 9.17) is 46.4 Å². The topological polar surface area (TPSA) is 215 Å². The van der Waals surface area contributed by atoms with Gasteiger partial charge in [0.1, 0.15) is 60.7 Å². The van der Waals surface area contributed by atoms with Crippen LogP contribution in [-0.4, -0.2) is 97.9 Å². The summed E-state index contributed by atoms with van der Waals surface area (Å²) in [7, 11) is 0. The molecule has 0 aliphatic rings. The molecule has 0 radical (unpaired) electrons. The molecule has 0 N–H and O–H groups in total. The first-order chi connectivity index (χ1) is 58.2. The molecule has 0 saturated carbocycles. The van der Waals surface area contributed by atoms with Crippen molar-refractivity contribution in [2.24, 2.45) is 0 Å². The van der Waals surface area contributed by atoms with Crippen molar-refractivity contribution < 1.29 is 22.0 Å². The van der Waals surface area contributed by atoms with Gasteiger partial charge in [-0.15, -0.1) is 0 Å². The highest BCUT2D eigenvalue weighted by atomic mass is 35.5. The smallest absolute Gasteiger partial charge is 0.155 e. The zero-order chi connectivity index (χ0) is 83.4. The normalized spacial score (nSPS) is 11.1. The van der Waals surface area contributed by atoms with Gasteiger partial charge in [0.25, 0.3) is 0 Å². The largest absolute Gasteiger partial charge is 0.256 e. The summed E-state index contributed by atoms with van der Waals surface area (Å²) in [4.78, 5) is 43.2. The van der Waals surface area contributed by atoms with E-state index in [1.807, 2.05) is 173 Å². The Hall–Kier alpha value is -14.2. The Labute approximate surface area is 701 Å². The van der Waals surface area contributed by atoms with Gasteiger partial charge in [-0.25, -0.2) is 69.4 Å². The Kier molecular flexibility index (Phi) is 22.9. The standard InChI is InChI=1S/C19H15FN4.C18H11ClF2N4.2C18H12ClFN4.C18H13ClN4/c1-12-9-18-22-11-23-24(18)10-16(12)15-4-3-7-21-19(15)14-5-6-17(20)13(2)8-14;1-10-11(4-5-17-23-9-24-25(10)17)12-3-2-6-22-18(12)13-7-14(19)16(21)8-15(13)20;1-11-13(5-7-17-22-10-23-24(11)17)14-3-2-8-21-18(14)15-9-12(19)4-6-16(15)20;1-11-13(5-7-17-22-10-23-24(11)17)14-3-2-8-21-18(14)12-4-6-16(20)15(19)9-12;1-12-15(7-8-17-21-11-22-23(12)17)16-6-3-9-20-18(16)13-4-2-5-14(19)10-13/h3-11H,1-2H3;2-9H,1H3;2*2-10H,1H3;2-11H,1H3. The second-order valence-electron chi connectivity index (χ2n) is 27.4. The minimum atomic E-state index is -0.805. The van der Waals surface area contributed by atoms with Gasteiger partial charge in [0, 0.05) is 160 Å². The minimum absolute atomic E-state index is 0.0764. The Morgan fingerprint density at radius 1 is 0.242 bits per heavy atom. The third kappa shape index (κ3) is 16.2. The number of benzene rings is 5. The van der Waals surface area contributed by atoms with Gasteiger partial charge < -0.3 is 0 Å². The van der Waals surface area contributed by atoms with Crippen molar-refractivity contribution >= 4 is 74.6 Å². The summed E-state index contributed by atoms with van der Waals surface area (Å²) in [5.74, 6) is -2.55. The van der Waals surface area contributed by atoms with Gasteiger partial charge >= 0.3 is 0 Å².